The Balaban J connectivity index is 1.36. The number of nitrogens with zero attached hydrogens (tertiary/aromatic N) is 1. The van der Waals surface area contributed by atoms with E-state index in [1.807, 2.05) is 18.2 Å². The van der Waals surface area contributed by atoms with Gasteiger partial charge in [0.2, 0.25) is 6.10 Å². The van der Waals surface area contributed by atoms with E-state index in [9.17, 15) is 9.18 Å². The Bertz CT molecular complexity index is 831. The van der Waals surface area contributed by atoms with Gasteiger partial charge in [-0.05, 0) is 30.5 Å². The van der Waals surface area contributed by atoms with Crippen molar-refractivity contribution >= 4 is 11.6 Å². The van der Waals surface area contributed by atoms with Crippen molar-refractivity contribution < 1.29 is 14.0 Å². The van der Waals surface area contributed by atoms with Crippen molar-refractivity contribution in [3.05, 3.63) is 71.5 Å². The Kier molecular flexibility index (Phi) is 4.45. The predicted molar refractivity (Wildman–Crippen MR) is 97.4 cm³/mol. The molecule has 1 aliphatic carbocycles. The van der Waals surface area contributed by atoms with Crippen LogP contribution in [-0.4, -0.2) is 24.3 Å². The van der Waals surface area contributed by atoms with Crippen molar-refractivity contribution in [3.8, 4) is 0 Å². The number of nitrogens with one attached hydrogen (secondary N) is 1. The highest BCUT2D eigenvalue weighted by atomic mass is 19.1. The minimum absolute atomic E-state index is 0.0295. The lowest BCUT2D eigenvalue weighted by Crippen LogP contribution is -2.48. The molecule has 4 rings (SSSR count). The molecule has 4 nitrogen and oxygen atoms in total. The molecule has 0 aromatic heterocycles. The van der Waals surface area contributed by atoms with E-state index in [-0.39, 0.29) is 17.1 Å². The maximum Gasteiger partial charge on any atom is 0.264 e. The van der Waals surface area contributed by atoms with Gasteiger partial charge in [0.25, 0.3) is 5.91 Å². The molecule has 1 heterocycles. The van der Waals surface area contributed by atoms with E-state index in [0.717, 1.165) is 12.8 Å². The Labute approximate surface area is 152 Å². The summed E-state index contributed by atoms with van der Waals surface area (Å²) in [6.07, 6.45) is 3.04. The second kappa shape index (κ2) is 6.90. The molecule has 2 aromatic rings. The maximum absolute atomic E-state index is 13.4. The first kappa shape index (κ1) is 16.8. The summed E-state index contributed by atoms with van der Waals surface area (Å²) < 4.78 is 13.4. The molecule has 0 unspecified atom stereocenters. The molecule has 5 heteroatoms. The van der Waals surface area contributed by atoms with Gasteiger partial charge in [-0.1, -0.05) is 54.0 Å². The number of carbonyl (C=O) groups excluding carboxylic acids is 1. The van der Waals surface area contributed by atoms with Gasteiger partial charge in [-0.2, -0.15) is 0 Å². The molecule has 0 radical (unpaired) electrons. The van der Waals surface area contributed by atoms with E-state index in [4.69, 9.17) is 4.84 Å². The SMILES string of the molecule is O=C(NCC1(c2ccccc2)CCC1)[C@H]1CC(c2cccc(F)c2)=NO1. The molecule has 1 aliphatic heterocycles. The Hall–Kier alpha value is -2.69. The number of amides is 1. The number of halogens is 1. The highest BCUT2D eigenvalue weighted by molar-refractivity contribution is 6.04. The van der Waals surface area contributed by atoms with Crippen LogP contribution in [0.1, 0.15) is 36.8 Å². The second-order valence-corrected chi connectivity index (χ2v) is 7.06. The van der Waals surface area contributed by atoms with Crippen LogP contribution < -0.4 is 5.32 Å². The summed E-state index contributed by atoms with van der Waals surface area (Å²) in [7, 11) is 0. The highest BCUT2D eigenvalue weighted by Gasteiger charge is 2.39. The van der Waals surface area contributed by atoms with Crippen LogP contribution in [0.2, 0.25) is 0 Å². The first-order valence-electron chi connectivity index (χ1n) is 8.98. The zero-order valence-electron chi connectivity index (χ0n) is 14.5. The monoisotopic (exact) mass is 352 g/mol. The fraction of sp³-hybridized carbons (Fsp3) is 0.333. The molecular weight excluding hydrogens is 331 g/mol. The second-order valence-electron chi connectivity index (χ2n) is 7.06. The largest absolute Gasteiger partial charge is 0.382 e. The summed E-state index contributed by atoms with van der Waals surface area (Å²) in [6.45, 7) is 0.602. The van der Waals surface area contributed by atoms with Gasteiger partial charge in [0.05, 0.1) is 5.71 Å². The van der Waals surface area contributed by atoms with Crippen LogP contribution in [0.25, 0.3) is 0 Å². The van der Waals surface area contributed by atoms with Gasteiger partial charge >= 0.3 is 0 Å². The van der Waals surface area contributed by atoms with Gasteiger partial charge in [0.15, 0.2) is 0 Å². The van der Waals surface area contributed by atoms with Gasteiger partial charge in [0, 0.05) is 23.9 Å². The lowest BCUT2D eigenvalue weighted by molar-refractivity contribution is -0.131. The summed E-state index contributed by atoms with van der Waals surface area (Å²) in [5, 5.41) is 7.01. The van der Waals surface area contributed by atoms with Gasteiger partial charge in [-0.25, -0.2) is 4.39 Å². The lowest BCUT2D eigenvalue weighted by atomic mass is 9.64. The number of hydrogen-bond donors (Lipinski definition) is 1. The standard InChI is InChI=1S/C21H21FN2O2/c22-17-9-4-6-15(12-17)18-13-19(26-24-18)20(25)23-14-21(10-5-11-21)16-7-2-1-3-8-16/h1-4,6-9,12,19H,5,10-11,13-14H2,(H,23,25)/t19-/m1/s1. The van der Waals surface area contributed by atoms with Gasteiger partial charge in [-0.15, -0.1) is 0 Å². The quantitative estimate of drug-likeness (QED) is 0.895. The minimum atomic E-state index is -0.652. The van der Waals surface area contributed by atoms with E-state index in [1.54, 1.807) is 12.1 Å². The third-order valence-corrected chi connectivity index (χ3v) is 5.42. The van der Waals surface area contributed by atoms with Crippen LogP contribution in [-0.2, 0) is 15.0 Å². The average molecular weight is 352 g/mol. The van der Waals surface area contributed by atoms with Crippen molar-refractivity contribution in [2.24, 2.45) is 5.16 Å². The molecule has 1 fully saturated rings. The zero-order valence-corrected chi connectivity index (χ0v) is 14.5. The summed E-state index contributed by atoms with van der Waals surface area (Å²) in [5.74, 6) is -0.491. The van der Waals surface area contributed by atoms with Gasteiger partial charge < -0.3 is 10.2 Å². The Morgan fingerprint density at radius 2 is 2.00 bits per heavy atom. The summed E-state index contributed by atoms with van der Waals surface area (Å²) in [6, 6.07) is 16.5. The molecule has 1 atom stereocenters. The van der Waals surface area contributed by atoms with E-state index >= 15 is 0 Å². The normalized spacial score (nSPS) is 20.7. The van der Waals surface area contributed by atoms with Crippen molar-refractivity contribution in [2.75, 3.05) is 6.54 Å². The average Bonchev–Trinajstić information content (AvgIpc) is 3.12. The van der Waals surface area contributed by atoms with Crippen LogP contribution >= 0.6 is 0 Å². The number of rotatable bonds is 5. The molecule has 0 spiro atoms. The van der Waals surface area contributed by atoms with Crippen LogP contribution in [0.5, 0.6) is 0 Å². The van der Waals surface area contributed by atoms with Crippen molar-refractivity contribution in [1.82, 2.24) is 5.32 Å². The molecule has 1 N–H and O–H groups in total. The molecule has 0 bridgehead atoms. The van der Waals surface area contributed by atoms with Crippen molar-refractivity contribution in [3.63, 3.8) is 0 Å². The molecule has 134 valence electrons. The van der Waals surface area contributed by atoms with Crippen molar-refractivity contribution in [2.45, 2.75) is 37.2 Å². The molecule has 26 heavy (non-hydrogen) atoms. The maximum atomic E-state index is 13.4. The third-order valence-electron chi connectivity index (χ3n) is 5.42. The van der Waals surface area contributed by atoms with E-state index in [1.165, 1.54) is 24.1 Å². The number of oxime groups is 1. The Morgan fingerprint density at radius 1 is 1.19 bits per heavy atom. The molecule has 1 saturated carbocycles. The molecular formula is C21H21FN2O2. The van der Waals surface area contributed by atoms with Crippen LogP contribution in [0, 0.1) is 5.82 Å². The van der Waals surface area contributed by atoms with Crippen LogP contribution in [0.4, 0.5) is 4.39 Å². The zero-order chi connectivity index (χ0) is 18.0. The molecule has 1 amide bonds. The van der Waals surface area contributed by atoms with E-state index < -0.39 is 6.10 Å². The fourth-order valence-electron chi connectivity index (χ4n) is 3.69. The first-order valence-corrected chi connectivity index (χ1v) is 8.98. The number of carbonyl (C=O) groups is 1. The first-order chi connectivity index (χ1) is 12.7. The smallest absolute Gasteiger partial charge is 0.264 e. The van der Waals surface area contributed by atoms with Crippen LogP contribution in [0.3, 0.4) is 0 Å². The lowest BCUT2D eigenvalue weighted by Gasteiger charge is -2.42. The summed E-state index contributed by atoms with van der Waals surface area (Å²) in [5.41, 5.74) is 2.56. The topological polar surface area (TPSA) is 50.7 Å². The summed E-state index contributed by atoms with van der Waals surface area (Å²) >= 11 is 0. The van der Waals surface area contributed by atoms with Crippen LogP contribution in [0.15, 0.2) is 59.8 Å². The summed E-state index contributed by atoms with van der Waals surface area (Å²) in [4.78, 5) is 17.8. The highest BCUT2D eigenvalue weighted by Crippen LogP contribution is 2.43. The molecule has 0 saturated heterocycles. The number of hydrogen-bond acceptors (Lipinski definition) is 3. The predicted octanol–water partition coefficient (Wildman–Crippen LogP) is 3.56. The minimum Gasteiger partial charge on any atom is -0.382 e. The Morgan fingerprint density at radius 3 is 2.69 bits per heavy atom. The van der Waals surface area contributed by atoms with Gasteiger partial charge in [0.1, 0.15) is 5.82 Å². The van der Waals surface area contributed by atoms with E-state index in [2.05, 4.69) is 22.6 Å². The van der Waals surface area contributed by atoms with Gasteiger partial charge in [-0.3, -0.25) is 4.79 Å². The van der Waals surface area contributed by atoms with Crippen molar-refractivity contribution in [1.29, 1.82) is 0 Å². The molecule has 2 aromatic carbocycles. The molecule has 2 aliphatic rings. The fourth-order valence-corrected chi connectivity index (χ4v) is 3.69. The third kappa shape index (κ3) is 3.21. The number of benzene rings is 2. The van der Waals surface area contributed by atoms with E-state index in [0.29, 0.717) is 24.2 Å².